The Kier molecular flexibility index (Phi) is 4.50. The molecule has 7 heteroatoms. The maximum Gasteiger partial charge on any atom is 0.325 e. The minimum atomic E-state index is -1.08. The fraction of sp³-hybridized carbons (Fsp3) is 0.500. The maximum atomic E-state index is 11.5. The van der Waals surface area contributed by atoms with Gasteiger partial charge in [-0.1, -0.05) is 6.92 Å². The zero-order valence-corrected chi connectivity index (χ0v) is 9.73. The van der Waals surface area contributed by atoms with Crippen LogP contribution in [0.3, 0.4) is 0 Å². The van der Waals surface area contributed by atoms with E-state index in [1.54, 1.807) is 12.4 Å². The van der Waals surface area contributed by atoms with Crippen molar-refractivity contribution in [3.63, 3.8) is 0 Å². The van der Waals surface area contributed by atoms with Crippen LogP contribution in [0.25, 0.3) is 0 Å². The molecule has 1 aromatic rings. The van der Waals surface area contributed by atoms with Gasteiger partial charge in [0.25, 0.3) is 0 Å². The van der Waals surface area contributed by atoms with E-state index in [9.17, 15) is 9.59 Å². The molecule has 2 atom stereocenters. The largest absolute Gasteiger partial charge is 0.480 e. The van der Waals surface area contributed by atoms with Crippen molar-refractivity contribution in [3.05, 3.63) is 18.2 Å². The van der Waals surface area contributed by atoms with Gasteiger partial charge in [0.2, 0.25) is 0 Å². The molecule has 94 valence electrons. The Morgan fingerprint density at radius 2 is 2.24 bits per heavy atom. The van der Waals surface area contributed by atoms with Gasteiger partial charge in [0, 0.05) is 12.4 Å². The van der Waals surface area contributed by atoms with Gasteiger partial charge in [-0.05, 0) is 13.3 Å². The van der Waals surface area contributed by atoms with Gasteiger partial charge in [-0.15, -0.1) is 0 Å². The van der Waals surface area contributed by atoms with Crippen LogP contribution in [0.5, 0.6) is 0 Å². The van der Waals surface area contributed by atoms with Crippen LogP contribution in [0.15, 0.2) is 12.4 Å². The quantitative estimate of drug-likeness (QED) is 0.605. The van der Waals surface area contributed by atoms with Crippen LogP contribution in [0.1, 0.15) is 32.1 Å². The summed E-state index contributed by atoms with van der Waals surface area (Å²) in [4.78, 5) is 29.0. The number of hydrogen-bond acceptors (Lipinski definition) is 3. The lowest BCUT2D eigenvalue weighted by Crippen LogP contribution is -2.45. The van der Waals surface area contributed by atoms with Crippen LogP contribution in [0.2, 0.25) is 0 Å². The SMILES string of the molecule is CCC(NC(=O)N[C@H](C)C(=O)O)c1ncc[nH]1. The molecule has 0 bridgehead atoms. The van der Waals surface area contributed by atoms with Crippen molar-refractivity contribution in [2.24, 2.45) is 0 Å². The molecule has 0 aromatic carbocycles. The van der Waals surface area contributed by atoms with E-state index >= 15 is 0 Å². The first kappa shape index (κ1) is 13.0. The number of aliphatic carboxylic acids is 1. The van der Waals surface area contributed by atoms with Gasteiger partial charge in [-0.2, -0.15) is 0 Å². The Balaban J connectivity index is 2.52. The molecule has 0 saturated heterocycles. The first-order valence-corrected chi connectivity index (χ1v) is 5.33. The average Bonchev–Trinajstić information content (AvgIpc) is 2.78. The van der Waals surface area contributed by atoms with Crippen molar-refractivity contribution in [1.29, 1.82) is 0 Å². The minimum Gasteiger partial charge on any atom is -0.480 e. The van der Waals surface area contributed by atoms with Crippen LogP contribution in [-0.4, -0.2) is 33.1 Å². The number of carboxylic acid groups (broad SMARTS) is 1. The predicted molar refractivity (Wildman–Crippen MR) is 60.4 cm³/mol. The zero-order valence-electron chi connectivity index (χ0n) is 9.73. The summed E-state index contributed by atoms with van der Waals surface area (Å²) in [5.74, 6) is -0.433. The lowest BCUT2D eigenvalue weighted by Gasteiger charge is -2.16. The number of carbonyl (C=O) groups is 2. The van der Waals surface area contributed by atoms with Crippen molar-refractivity contribution in [2.45, 2.75) is 32.4 Å². The Labute approximate surface area is 98.6 Å². The molecule has 0 radical (unpaired) electrons. The molecule has 17 heavy (non-hydrogen) atoms. The second-order valence-corrected chi connectivity index (χ2v) is 3.61. The highest BCUT2D eigenvalue weighted by Crippen LogP contribution is 2.10. The molecule has 0 aliphatic carbocycles. The third-order valence-electron chi connectivity index (χ3n) is 2.28. The van der Waals surface area contributed by atoms with Crippen molar-refractivity contribution in [1.82, 2.24) is 20.6 Å². The summed E-state index contributed by atoms with van der Waals surface area (Å²) in [6.45, 7) is 3.30. The minimum absolute atomic E-state index is 0.258. The number of carbonyl (C=O) groups excluding carboxylic acids is 1. The molecule has 1 aromatic heterocycles. The Bertz CT molecular complexity index is 377. The maximum absolute atomic E-state index is 11.5. The van der Waals surface area contributed by atoms with Crippen molar-refractivity contribution in [3.8, 4) is 0 Å². The summed E-state index contributed by atoms with van der Waals surface area (Å²) in [5, 5.41) is 13.6. The van der Waals surface area contributed by atoms with Gasteiger partial charge in [0.15, 0.2) is 0 Å². The van der Waals surface area contributed by atoms with E-state index in [1.807, 2.05) is 6.92 Å². The topological polar surface area (TPSA) is 107 Å². The summed E-state index contributed by atoms with van der Waals surface area (Å²) in [6.07, 6.45) is 3.91. The molecule has 0 fully saturated rings. The number of rotatable bonds is 5. The number of nitrogens with zero attached hydrogens (tertiary/aromatic N) is 1. The second-order valence-electron chi connectivity index (χ2n) is 3.61. The Morgan fingerprint density at radius 3 is 2.71 bits per heavy atom. The van der Waals surface area contributed by atoms with Gasteiger partial charge < -0.3 is 20.7 Å². The van der Waals surface area contributed by atoms with Gasteiger partial charge >= 0.3 is 12.0 Å². The third kappa shape index (κ3) is 3.78. The molecule has 1 heterocycles. The van der Waals surface area contributed by atoms with Crippen molar-refractivity contribution in [2.75, 3.05) is 0 Å². The van der Waals surface area contributed by atoms with Crippen molar-refractivity contribution < 1.29 is 14.7 Å². The van der Waals surface area contributed by atoms with E-state index in [2.05, 4.69) is 20.6 Å². The van der Waals surface area contributed by atoms with E-state index < -0.39 is 18.0 Å². The predicted octanol–water partition coefficient (Wildman–Crippen LogP) is 0.633. The number of hydrogen-bond donors (Lipinski definition) is 4. The molecule has 0 aliphatic rings. The standard InChI is InChI=1S/C10H16N4O3/c1-3-7(8-11-4-5-12-8)14-10(17)13-6(2)9(15)16/h4-7H,3H2,1-2H3,(H,11,12)(H,15,16)(H2,13,14,17)/t6-,7?/m1/s1. The number of amides is 2. The molecule has 0 spiro atoms. The monoisotopic (exact) mass is 240 g/mol. The lowest BCUT2D eigenvalue weighted by molar-refractivity contribution is -0.138. The molecule has 1 rings (SSSR count). The highest BCUT2D eigenvalue weighted by molar-refractivity contribution is 5.82. The number of aromatic nitrogens is 2. The first-order chi connectivity index (χ1) is 8.04. The summed E-state index contributed by atoms with van der Waals surface area (Å²) in [5.41, 5.74) is 0. The first-order valence-electron chi connectivity index (χ1n) is 5.33. The van der Waals surface area contributed by atoms with Crippen molar-refractivity contribution >= 4 is 12.0 Å². The smallest absolute Gasteiger partial charge is 0.325 e. The molecule has 0 saturated carbocycles. The van der Waals surface area contributed by atoms with Crippen LogP contribution in [-0.2, 0) is 4.79 Å². The van der Waals surface area contributed by atoms with Crippen LogP contribution in [0, 0.1) is 0 Å². The van der Waals surface area contributed by atoms with Gasteiger partial charge in [0.05, 0.1) is 6.04 Å². The Morgan fingerprint density at radius 1 is 1.53 bits per heavy atom. The van der Waals surface area contributed by atoms with Gasteiger partial charge in [-0.25, -0.2) is 9.78 Å². The number of H-pyrrole nitrogens is 1. The normalized spacial score (nSPS) is 13.8. The van der Waals surface area contributed by atoms with Gasteiger partial charge in [0.1, 0.15) is 11.9 Å². The van der Waals surface area contributed by atoms with E-state index in [-0.39, 0.29) is 6.04 Å². The molecule has 1 unspecified atom stereocenters. The number of imidazole rings is 1. The molecule has 2 amide bonds. The van der Waals surface area contributed by atoms with Crippen LogP contribution >= 0.6 is 0 Å². The second kappa shape index (κ2) is 5.88. The van der Waals surface area contributed by atoms with E-state index in [0.717, 1.165) is 0 Å². The zero-order chi connectivity index (χ0) is 12.8. The molecule has 7 nitrogen and oxygen atoms in total. The summed E-state index contributed by atoms with van der Waals surface area (Å²) in [7, 11) is 0. The molecule has 0 aliphatic heterocycles. The Hall–Kier alpha value is -2.05. The average molecular weight is 240 g/mol. The number of carboxylic acids is 1. The van der Waals surface area contributed by atoms with E-state index in [4.69, 9.17) is 5.11 Å². The fourth-order valence-corrected chi connectivity index (χ4v) is 1.29. The van der Waals surface area contributed by atoms with Crippen LogP contribution in [0.4, 0.5) is 4.79 Å². The number of nitrogens with one attached hydrogen (secondary N) is 3. The summed E-state index contributed by atoms with van der Waals surface area (Å²) < 4.78 is 0. The van der Waals surface area contributed by atoms with E-state index in [1.165, 1.54) is 6.92 Å². The summed E-state index contributed by atoms with van der Waals surface area (Å²) in [6, 6.07) is -1.71. The molecular weight excluding hydrogens is 224 g/mol. The van der Waals surface area contributed by atoms with E-state index in [0.29, 0.717) is 12.2 Å². The summed E-state index contributed by atoms with van der Waals surface area (Å²) >= 11 is 0. The number of aromatic amines is 1. The lowest BCUT2D eigenvalue weighted by atomic mass is 10.2. The van der Waals surface area contributed by atoms with Gasteiger partial charge in [-0.3, -0.25) is 4.79 Å². The fourth-order valence-electron chi connectivity index (χ4n) is 1.29. The number of urea groups is 1. The highest BCUT2D eigenvalue weighted by Gasteiger charge is 2.18. The third-order valence-corrected chi connectivity index (χ3v) is 2.28. The van der Waals surface area contributed by atoms with Crippen LogP contribution < -0.4 is 10.6 Å². The highest BCUT2D eigenvalue weighted by atomic mass is 16.4. The molecule has 4 N–H and O–H groups in total. The molecular formula is C10H16N4O3.